The van der Waals surface area contributed by atoms with Crippen LogP contribution in [0.1, 0.15) is 19.4 Å². The Balaban J connectivity index is 2.37. The van der Waals surface area contributed by atoms with Crippen molar-refractivity contribution in [2.45, 2.75) is 20.4 Å². The molecule has 5 heteroatoms. The molecule has 0 bridgehead atoms. The number of benzene rings is 1. The van der Waals surface area contributed by atoms with Crippen LogP contribution in [0.3, 0.4) is 0 Å². The fraction of sp³-hybridized carbons (Fsp3) is 0.562. The number of hydrogen-bond acceptors (Lipinski definition) is 3. The van der Waals surface area contributed by atoms with Gasteiger partial charge in [-0.15, -0.1) is 0 Å². The van der Waals surface area contributed by atoms with Crippen LogP contribution in [0.4, 0.5) is 0 Å². The Hall–Kier alpha value is -1.75. The lowest BCUT2D eigenvalue weighted by Crippen LogP contribution is -2.38. The van der Waals surface area contributed by atoms with Crippen LogP contribution in [0.25, 0.3) is 0 Å². The molecule has 0 heterocycles. The minimum absolute atomic E-state index is 0.569. The van der Waals surface area contributed by atoms with Gasteiger partial charge >= 0.3 is 0 Å². The Kier molecular flexibility index (Phi) is 8.28. The highest BCUT2D eigenvalue weighted by Crippen LogP contribution is 2.11. The van der Waals surface area contributed by atoms with Gasteiger partial charge in [-0.25, -0.2) is 0 Å². The van der Waals surface area contributed by atoms with Gasteiger partial charge in [-0.3, -0.25) is 4.99 Å². The van der Waals surface area contributed by atoms with Crippen molar-refractivity contribution in [1.29, 1.82) is 0 Å². The van der Waals surface area contributed by atoms with Crippen LogP contribution >= 0.6 is 0 Å². The van der Waals surface area contributed by atoms with Crippen molar-refractivity contribution in [2.75, 3.05) is 33.9 Å². The first kappa shape index (κ1) is 17.3. The van der Waals surface area contributed by atoms with Gasteiger partial charge in [0.25, 0.3) is 0 Å². The molecule has 5 nitrogen and oxygen atoms in total. The van der Waals surface area contributed by atoms with Crippen molar-refractivity contribution in [3.05, 3.63) is 29.8 Å². The van der Waals surface area contributed by atoms with Gasteiger partial charge in [-0.2, -0.15) is 0 Å². The maximum atomic E-state index is 5.53. The van der Waals surface area contributed by atoms with Gasteiger partial charge in [0, 0.05) is 27.2 Å². The van der Waals surface area contributed by atoms with Gasteiger partial charge in [0.15, 0.2) is 5.96 Å². The zero-order valence-electron chi connectivity index (χ0n) is 13.5. The van der Waals surface area contributed by atoms with Crippen LogP contribution in [-0.4, -0.2) is 39.9 Å². The third-order valence-corrected chi connectivity index (χ3v) is 2.84. The molecule has 1 aromatic carbocycles. The fourth-order valence-corrected chi connectivity index (χ4v) is 1.65. The molecule has 0 radical (unpaired) electrons. The molecule has 2 N–H and O–H groups in total. The molecule has 1 rings (SSSR count). The van der Waals surface area contributed by atoms with Gasteiger partial charge in [-0.05, 0) is 23.6 Å². The number of nitrogens with one attached hydrogen (secondary N) is 2. The van der Waals surface area contributed by atoms with E-state index in [2.05, 4.69) is 29.5 Å². The first-order valence-electron chi connectivity index (χ1n) is 7.31. The van der Waals surface area contributed by atoms with E-state index in [1.807, 2.05) is 24.3 Å². The Labute approximate surface area is 127 Å². The molecule has 0 spiro atoms. The van der Waals surface area contributed by atoms with Crippen LogP contribution in [0, 0.1) is 5.92 Å². The van der Waals surface area contributed by atoms with E-state index in [9.17, 15) is 0 Å². The van der Waals surface area contributed by atoms with Gasteiger partial charge in [0.1, 0.15) is 12.4 Å². The molecule has 1 aromatic rings. The molecule has 0 saturated carbocycles. The topological polar surface area (TPSA) is 54.9 Å². The zero-order valence-corrected chi connectivity index (χ0v) is 13.5. The summed E-state index contributed by atoms with van der Waals surface area (Å²) >= 11 is 0. The lowest BCUT2D eigenvalue weighted by molar-refractivity contribution is 0.146. The van der Waals surface area contributed by atoms with Crippen molar-refractivity contribution >= 4 is 5.96 Å². The van der Waals surface area contributed by atoms with E-state index in [0.717, 1.165) is 24.8 Å². The number of nitrogens with zero attached hydrogens (tertiary/aromatic N) is 1. The van der Waals surface area contributed by atoms with Gasteiger partial charge in [0.2, 0.25) is 0 Å². The Morgan fingerprint density at radius 1 is 1.14 bits per heavy atom. The van der Waals surface area contributed by atoms with Crippen LogP contribution in [-0.2, 0) is 11.3 Å². The van der Waals surface area contributed by atoms with E-state index in [0.29, 0.717) is 19.1 Å². The molecule has 0 aromatic heterocycles. The Bertz CT molecular complexity index is 416. The third kappa shape index (κ3) is 7.56. The quantitative estimate of drug-likeness (QED) is 0.437. The number of aliphatic imine (C=N–C) groups is 1. The molecule has 21 heavy (non-hydrogen) atoms. The summed E-state index contributed by atoms with van der Waals surface area (Å²) in [6.07, 6.45) is 0. The second kappa shape index (κ2) is 10.0. The summed E-state index contributed by atoms with van der Waals surface area (Å²) in [4.78, 5) is 4.20. The predicted octanol–water partition coefficient (Wildman–Crippen LogP) is 2.03. The molecular weight excluding hydrogens is 266 g/mol. The van der Waals surface area contributed by atoms with Crippen molar-refractivity contribution in [2.24, 2.45) is 10.9 Å². The summed E-state index contributed by atoms with van der Waals surface area (Å²) in [5.41, 5.74) is 1.18. The summed E-state index contributed by atoms with van der Waals surface area (Å²) in [6, 6.07) is 8.03. The van der Waals surface area contributed by atoms with E-state index in [4.69, 9.17) is 9.47 Å². The van der Waals surface area contributed by atoms with E-state index in [-0.39, 0.29) is 0 Å². The number of guanidine groups is 1. The van der Waals surface area contributed by atoms with Gasteiger partial charge in [0.05, 0.1) is 6.61 Å². The maximum Gasteiger partial charge on any atom is 0.191 e. The minimum atomic E-state index is 0.569. The first-order chi connectivity index (χ1) is 10.2. The molecular formula is C16H27N3O2. The van der Waals surface area contributed by atoms with Crippen LogP contribution in [0.2, 0.25) is 0 Å². The molecule has 0 aliphatic heterocycles. The van der Waals surface area contributed by atoms with E-state index in [1.165, 1.54) is 5.56 Å². The lowest BCUT2D eigenvalue weighted by Gasteiger charge is -2.13. The highest BCUT2D eigenvalue weighted by atomic mass is 16.5. The fourth-order valence-electron chi connectivity index (χ4n) is 1.65. The lowest BCUT2D eigenvalue weighted by atomic mass is 10.2. The van der Waals surface area contributed by atoms with Gasteiger partial charge in [-0.1, -0.05) is 26.0 Å². The molecule has 0 aliphatic carbocycles. The average Bonchev–Trinajstić information content (AvgIpc) is 2.49. The monoisotopic (exact) mass is 293 g/mol. The largest absolute Gasteiger partial charge is 0.491 e. The zero-order chi connectivity index (χ0) is 15.5. The number of hydrogen-bond donors (Lipinski definition) is 2. The van der Waals surface area contributed by atoms with E-state index in [1.54, 1.807) is 14.2 Å². The number of ether oxygens (including phenoxy) is 2. The van der Waals surface area contributed by atoms with Crippen LogP contribution in [0.5, 0.6) is 5.75 Å². The molecule has 118 valence electrons. The summed E-state index contributed by atoms with van der Waals surface area (Å²) in [6.45, 7) is 7.15. The smallest absolute Gasteiger partial charge is 0.191 e. The summed E-state index contributed by atoms with van der Waals surface area (Å²) in [5.74, 6) is 2.27. The number of methoxy groups -OCH3 is 1. The molecule has 0 atom stereocenters. The first-order valence-corrected chi connectivity index (χ1v) is 7.31. The van der Waals surface area contributed by atoms with Crippen molar-refractivity contribution in [3.8, 4) is 5.75 Å². The second-order valence-corrected chi connectivity index (χ2v) is 5.19. The van der Waals surface area contributed by atoms with E-state index < -0.39 is 0 Å². The summed E-state index contributed by atoms with van der Waals surface area (Å²) in [7, 11) is 3.45. The van der Waals surface area contributed by atoms with Crippen molar-refractivity contribution in [3.63, 3.8) is 0 Å². The van der Waals surface area contributed by atoms with E-state index >= 15 is 0 Å². The minimum Gasteiger partial charge on any atom is -0.491 e. The SMILES string of the molecule is CN=C(NCc1ccc(OCCOC)cc1)NCC(C)C. The molecule has 0 unspecified atom stereocenters. The van der Waals surface area contributed by atoms with Crippen molar-refractivity contribution < 1.29 is 9.47 Å². The average molecular weight is 293 g/mol. The summed E-state index contributed by atoms with van der Waals surface area (Å²) in [5, 5.41) is 6.58. The highest BCUT2D eigenvalue weighted by molar-refractivity contribution is 5.79. The molecule has 0 saturated heterocycles. The predicted molar refractivity (Wildman–Crippen MR) is 86.9 cm³/mol. The normalized spacial score (nSPS) is 11.6. The molecule has 0 amide bonds. The summed E-state index contributed by atoms with van der Waals surface area (Å²) < 4.78 is 10.5. The van der Waals surface area contributed by atoms with Crippen molar-refractivity contribution in [1.82, 2.24) is 10.6 Å². The maximum absolute atomic E-state index is 5.53. The third-order valence-electron chi connectivity index (χ3n) is 2.84. The Morgan fingerprint density at radius 3 is 2.43 bits per heavy atom. The van der Waals surface area contributed by atoms with Crippen LogP contribution in [0.15, 0.2) is 29.3 Å². The highest BCUT2D eigenvalue weighted by Gasteiger charge is 2.00. The number of rotatable bonds is 8. The molecule has 0 fully saturated rings. The van der Waals surface area contributed by atoms with Gasteiger partial charge < -0.3 is 20.1 Å². The molecule has 0 aliphatic rings. The standard InChI is InChI=1S/C16H27N3O2/c1-13(2)11-18-16(17-3)19-12-14-5-7-15(8-6-14)21-10-9-20-4/h5-8,13H,9-12H2,1-4H3,(H2,17,18,19). The Morgan fingerprint density at radius 2 is 1.86 bits per heavy atom. The van der Waals surface area contributed by atoms with Crippen LogP contribution < -0.4 is 15.4 Å². The second-order valence-electron chi connectivity index (χ2n) is 5.19.